The van der Waals surface area contributed by atoms with Crippen molar-refractivity contribution in [1.29, 1.82) is 0 Å². The number of phosphoric ester groups is 1. The first-order valence-electron chi connectivity index (χ1n) is 12.6. The molecule has 16 nitrogen and oxygen atoms in total. The standard InChI is InChI=1S/C24H33N4O12P/c1-3-12(2)20(24(35)36)28-18(29)11-17-23(34)26-16(10-13-4-6-14(7-5-13)40-41(37,38)39)22(33)25-15(21(32)27-17)8-9-19(30)31/h4-7,12,15-17,20H,3,8-11H2,1-2H3,(H,25,33)(H,26,34)(H,27,32)(H,28,29)(H,30,31)(H,35,36)(H2,37,38,39)/t12-,15-,16-,17-,20-/m0/s1. The topological polar surface area (TPSA) is 258 Å². The number of phosphoric acid groups is 1. The van der Waals surface area contributed by atoms with Gasteiger partial charge in [0.25, 0.3) is 0 Å². The Bertz CT molecular complexity index is 1200. The van der Waals surface area contributed by atoms with E-state index in [0.717, 1.165) is 0 Å². The second-order valence-corrected chi connectivity index (χ2v) is 10.7. The average Bonchev–Trinajstić information content (AvgIpc) is 2.90. The Hall–Kier alpha value is -4.01. The summed E-state index contributed by atoms with van der Waals surface area (Å²) < 4.78 is 15.5. The van der Waals surface area contributed by atoms with Gasteiger partial charge in [0.15, 0.2) is 0 Å². The molecule has 1 aliphatic rings. The number of hydrogen-bond donors (Lipinski definition) is 8. The van der Waals surface area contributed by atoms with E-state index in [9.17, 15) is 38.4 Å². The molecule has 4 amide bonds. The number of benzene rings is 1. The molecule has 1 heterocycles. The quantitative estimate of drug-likeness (QED) is 0.127. The van der Waals surface area contributed by atoms with Gasteiger partial charge in [0, 0.05) is 12.8 Å². The summed E-state index contributed by atoms with van der Waals surface area (Å²) >= 11 is 0. The van der Waals surface area contributed by atoms with Crippen molar-refractivity contribution >= 4 is 43.4 Å². The van der Waals surface area contributed by atoms with Gasteiger partial charge < -0.3 is 36.0 Å². The molecule has 8 N–H and O–H groups in total. The number of rotatable bonds is 13. The van der Waals surface area contributed by atoms with Crippen molar-refractivity contribution in [1.82, 2.24) is 21.3 Å². The number of amides is 4. The highest BCUT2D eigenvalue weighted by Gasteiger charge is 2.36. The molecule has 1 aliphatic heterocycles. The first-order chi connectivity index (χ1) is 19.1. The van der Waals surface area contributed by atoms with E-state index in [1.54, 1.807) is 13.8 Å². The van der Waals surface area contributed by atoms with Crippen molar-refractivity contribution in [3.05, 3.63) is 29.8 Å². The van der Waals surface area contributed by atoms with E-state index in [1.807, 2.05) is 0 Å². The van der Waals surface area contributed by atoms with Crippen LogP contribution in [0.3, 0.4) is 0 Å². The number of hydrogen-bond acceptors (Lipinski definition) is 8. The summed E-state index contributed by atoms with van der Waals surface area (Å²) in [7, 11) is -4.81. The molecule has 1 aromatic rings. The van der Waals surface area contributed by atoms with Crippen LogP contribution in [0.5, 0.6) is 5.75 Å². The van der Waals surface area contributed by atoms with Gasteiger partial charge in [-0.3, -0.25) is 33.8 Å². The maximum absolute atomic E-state index is 13.1. The van der Waals surface area contributed by atoms with Crippen molar-refractivity contribution in [2.24, 2.45) is 5.92 Å². The molecule has 0 aliphatic carbocycles. The Morgan fingerprint density at radius 1 is 0.951 bits per heavy atom. The van der Waals surface area contributed by atoms with Gasteiger partial charge in [-0.1, -0.05) is 32.4 Å². The third kappa shape index (κ3) is 10.8. The zero-order valence-corrected chi connectivity index (χ0v) is 23.1. The van der Waals surface area contributed by atoms with Crippen LogP contribution in [-0.4, -0.2) is 79.7 Å². The highest BCUT2D eigenvalue weighted by molar-refractivity contribution is 7.46. The minimum atomic E-state index is -4.81. The summed E-state index contributed by atoms with van der Waals surface area (Å²) in [6.45, 7) is 3.35. The molecule has 0 bridgehead atoms. The summed E-state index contributed by atoms with van der Waals surface area (Å²) in [5, 5.41) is 28.0. The first kappa shape index (κ1) is 33.2. The second kappa shape index (κ2) is 14.6. The molecule has 5 atom stereocenters. The number of carboxylic acid groups (broad SMARTS) is 2. The van der Waals surface area contributed by atoms with Crippen LogP contribution in [0.15, 0.2) is 24.3 Å². The Balaban J connectivity index is 2.30. The van der Waals surface area contributed by atoms with Crippen LogP contribution in [0.25, 0.3) is 0 Å². The summed E-state index contributed by atoms with van der Waals surface area (Å²) in [6, 6.07) is -0.239. The van der Waals surface area contributed by atoms with Gasteiger partial charge in [-0.05, 0) is 30.0 Å². The maximum Gasteiger partial charge on any atom is 0.524 e. The number of carbonyl (C=O) groups excluding carboxylic acids is 4. The number of carbonyl (C=O) groups is 6. The van der Waals surface area contributed by atoms with Crippen LogP contribution < -0.4 is 25.8 Å². The van der Waals surface area contributed by atoms with Crippen LogP contribution in [0.1, 0.15) is 45.1 Å². The van der Waals surface area contributed by atoms with Crippen molar-refractivity contribution < 1.29 is 57.9 Å². The Kier molecular flexibility index (Phi) is 11.8. The van der Waals surface area contributed by atoms with Crippen LogP contribution in [0.4, 0.5) is 0 Å². The van der Waals surface area contributed by atoms with Gasteiger partial charge in [0.2, 0.25) is 23.6 Å². The molecule has 2 rings (SSSR count). The Morgan fingerprint density at radius 3 is 2.02 bits per heavy atom. The molecular formula is C24H33N4O12P. The molecular weight excluding hydrogens is 567 g/mol. The molecule has 0 unspecified atom stereocenters. The van der Waals surface area contributed by atoms with Crippen LogP contribution >= 0.6 is 7.82 Å². The third-order valence-electron chi connectivity index (χ3n) is 6.32. The predicted molar refractivity (Wildman–Crippen MR) is 139 cm³/mol. The van der Waals surface area contributed by atoms with E-state index in [1.165, 1.54) is 24.3 Å². The molecule has 0 radical (unpaired) electrons. The molecule has 17 heteroatoms. The first-order valence-corrected chi connectivity index (χ1v) is 14.1. The van der Waals surface area contributed by atoms with Gasteiger partial charge in [0.05, 0.1) is 6.42 Å². The molecule has 41 heavy (non-hydrogen) atoms. The predicted octanol–water partition coefficient (Wildman–Crippen LogP) is -0.961. The van der Waals surface area contributed by atoms with E-state index in [2.05, 4.69) is 25.8 Å². The fourth-order valence-corrected chi connectivity index (χ4v) is 4.33. The molecule has 0 aromatic heterocycles. The number of aliphatic carboxylic acids is 2. The Labute approximate surface area is 234 Å². The highest BCUT2D eigenvalue weighted by Crippen LogP contribution is 2.37. The SMILES string of the molecule is CC[C@H](C)[C@H](NC(=O)C[C@@H]1NC(=O)[C@H](CCC(=O)O)NC(=O)[C@H](Cc2ccc(OP(=O)(O)O)cc2)NC1=O)C(=O)O. The lowest BCUT2D eigenvalue weighted by Crippen LogP contribution is -2.54. The van der Waals surface area contributed by atoms with Gasteiger partial charge in [-0.2, -0.15) is 0 Å². The van der Waals surface area contributed by atoms with Crippen molar-refractivity contribution in [3.63, 3.8) is 0 Å². The van der Waals surface area contributed by atoms with Crippen molar-refractivity contribution in [2.75, 3.05) is 0 Å². The number of carboxylic acids is 2. The largest absolute Gasteiger partial charge is 0.524 e. The van der Waals surface area contributed by atoms with Gasteiger partial charge in [-0.25, -0.2) is 9.36 Å². The lowest BCUT2D eigenvalue weighted by Gasteiger charge is -2.23. The van der Waals surface area contributed by atoms with Crippen molar-refractivity contribution in [3.8, 4) is 5.75 Å². The van der Waals surface area contributed by atoms with Crippen LogP contribution in [0.2, 0.25) is 0 Å². The summed E-state index contributed by atoms with van der Waals surface area (Å²) in [4.78, 5) is 92.4. The zero-order chi connectivity index (χ0) is 30.9. The minimum Gasteiger partial charge on any atom is -0.481 e. The maximum atomic E-state index is 13.1. The molecule has 0 spiro atoms. The van der Waals surface area contributed by atoms with Crippen LogP contribution in [-0.2, 0) is 39.8 Å². The van der Waals surface area contributed by atoms with Gasteiger partial charge in [0.1, 0.15) is 29.9 Å². The lowest BCUT2D eigenvalue weighted by atomic mass is 9.99. The second-order valence-electron chi connectivity index (χ2n) is 9.52. The van der Waals surface area contributed by atoms with Gasteiger partial charge >= 0.3 is 19.8 Å². The highest BCUT2D eigenvalue weighted by atomic mass is 31.2. The number of nitrogens with one attached hydrogen (secondary N) is 4. The Morgan fingerprint density at radius 2 is 1.49 bits per heavy atom. The smallest absolute Gasteiger partial charge is 0.481 e. The van der Waals surface area contributed by atoms with Crippen molar-refractivity contribution in [2.45, 2.75) is 70.1 Å². The molecule has 1 aromatic carbocycles. The third-order valence-corrected chi connectivity index (χ3v) is 6.77. The average molecular weight is 601 g/mol. The fraction of sp³-hybridized carbons (Fsp3) is 0.500. The minimum absolute atomic E-state index is 0.156. The summed E-state index contributed by atoms with van der Waals surface area (Å²) in [5.41, 5.74) is 0.413. The molecule has 0 saturated carbocycles. The van der Waals surface area contributed by atoms with Crippen LogP contribution in [0, 0.1) is 5.92 Å². The van der Waals surface area contributed by atoms with E-state index in [0.29, 0.717) is 12.0 Å². The normalized spacial score (nSPS) is 21.1. The van der Waals surface area contributed by atoms with Gasteiger partial charge in [-0.15, -0.1) is 0 Å². The summed E-state index contributed by atoms with van der Waals surface area (Å²) in [6.07, 6.45) is -1.21. The fourth-order valence-electron chi connectivity index (χ4n) is 3.93. The molecule has 1 saturated heterocycles. The van der Waals surface area contributed by atoms with E-state index >= 15 is 0 Å². The lowest BCUT2D eigenvalue weighted by molar-refractivity contribution is -0.143. The molecule has 226 valence electrons. The summed E-state index contributed by atoms with van der Waals surface area (Å²) in [5.74, 6) is -6.63. The van der Waals surface area contributed by atoms with E-state index in [-0.39, 0.29) is 18.6 Å². The zero-order valence-electron chi connectivity index (χ0n) is 22.2. The monoisotopic (exact) mass is 600 g/mol. The van der Waals surface area contributed by atoms with E-state index in [4.69, 9.17) is 14.9 Å². The molecule has 1 fully saturated rings. The van der Waals surface area contributed by atoms with E-state index < -0.39 is 86.3 Å².